The first-order valence-electron chi connectivity index (χ1n) is 9.55. The third-order valence-electron chi connectivity index (χ3n) is 5.26. The summed E-state index contributed by atoms with van der Waals surface area (Å²) in [6, 6.07) is 6.94. The molecule has 150 valence electrons. The van der Waals surface area contributed by atoms with E-state index in [0.29, 0.717) is 17.0 Å². The lowest BCUT2D eigenvalue weighted by Gasteiger charge is -2.27. The smallest absolute Gasteiger partial charge is 0.349 e. The van der Waals surface area contributed by atoms with Crippen LogP contribution in [0.15, 0.2) is 39.7 Å². The molecule has 0 radical (unpaired) electrons. The number of nitrogens with one attached hydrogen (secondary N) is 1. The summed E-state index contributed by atoms with van der Waals surface area (Å²) in [7, 11) is 3.22. The van der Waals surface area contributed by atoms with Gasteiger partial charge in [0, 0.05) is 26.3 Å². The van der Waals surface area contributed by atoms with Crippen LogP contribution in [0.1, 0.15) is 52.2 Å². The number of aromatic nitrogens is 1. The van der Waals surface area contributed by atoms with E-state index in [1.54, 1.807) is 27.3 Å². The molecule has 7 nitrogen and oxygen atoms in total. The van der Waals surface area contributed by atoms with E-state index in [4.69, 9.17) is 9.15 Å². The number of pyridine rings is 1. The second-order valence-corrected chi connectivity index (χ2v) is 7.16. The van der Waals surface area contributed by atoms with Crippen LogP contribution in [0.3, 0.4) is 0 Å². The van der Waals surface area contributed by atoms with Crippen LogP contribution in [0.25, 0.3) is 0 Å². The van der Waals surface area contributed by atoms with Crippen LogP contribution in [0.2, 0.25) is 0 Å². The van der Waals surface area contributed by atoms with Crippen molar-refractivity contribution >= 4 is 5.91 Å². The molecule has 1 unspecified atom stereocenters. The molecule has 7 heteroatoms. The third kappa shape index (κ3) is 4.31. The fourth-order valence-electron chi connectivity index (χ4n) is 3.64. The molecule has 1 N–H and O–H groups in total. The van der Waals surface area contributed by atoms with Gasteiger partial charge in [0.1, 0.15) is 11.3 Å². The van der Waals surface area contributed by atoms with Crippen molar-refractivity contribution in [3.63, 3.8) is 0 Å². The van der Waals surface area contributed by atoms with E-state index in [1.807, 2.05) is 24.3 Å². The van der Waals surface area contributed by atoms with Crippen LogP contribution >= 0.6 is 0 Å². The van der Waals surface area contributed by atoms with E-state index in [-0.39, 0.29) is 18.1 Å². The Kier molecular flexibility index (Phi) is 6.59. The molecule has 1 fully saturated rings. The minimum Gasteiger partial charge on any atom is -0.427 e. The van der Waals surface area contributed by atoms with Crippen molar-refractivity contribution in [2.75, 3.05) is 33.9 Å². The zero-order valence-corrected chi connectivity index (χ0v) is 16.6. The third-order valence-corrected chi connectivity index (χ3v) is 5.26. The van der Waals surface area contributed by atoms with Gasteiger partial charge in [-0.15, -0.1) is 0 Å². The number of piperidine rings is 1. The Morgan fingerprint density at radius 2 is 2.14 bits per heavy atom. The van der Waals surface area contributed by atoms with Crippen LogP contribution in [0.4, 0.5) is 0 Å². The molecule has 1 atom stereocenters. The fourth-order valence-corrected chi connectivity index (χ4v) is 3.64. The van der Waals surface area contributed by atoms with Crippen LogP contribution in [0.5, 0.6) is 0 Å². The van der Waals surface area contributed by atoms with E-state index < -0.39 is 17.6 Å². The number of carbonyl (C=O) groups excluding carboxylic acids is 1. The number of hydrogen-bond donors (Lipinski definition) is 1. The number of amides is 1. The summed E-state index contributed by atoms with van der Waals surface area (Å²) in [5.41, 5.74) is 0.826. The molecule has 0 spiro atoms. The Bertz CT molecular complexity index is 860. The highest BCUT2D eigenvalue weighted by Gasteiger charge is 2.28. The topological polar surface area (TPSA) is 84.7 Å². The Morgan fingerprint density at radius 3 is 2.75 bits per heavy atom. The van der Waals surface area contributed by atoms with E-state index >= 15 is 0 Å². The molecule has 3 heterocycles. The lowest BCUT2D eigenvalue weighted by molar-refractivity contribution is 0.0589. The minimum atomic E-state index is -0.581. The van der Waals surface area contributed by atoms with Gasteiger partial charge in [-0.3, -0.25) is 9.78 Å². The molecule has 2 aromatic rings. The largest absolute Gasteiger partial charge is 0.427 e. The van der Waals surface area contributed by atoms with Gasteiger partial charge < -0.3 is 19.4 Å². The average Bonchev–Trinajstić information content (AvgIpc) is 2.72. The molecule has 28 heavy (non-hydrogen) atoms. The van der Waals surface area contributed by atoms with Crippen molar-refractivity contribution < 1.29 is 13.9 Å². The molecular formula is C21H27N3O4. The zero-order valence-electron chi connectivity index (χ0n) is 16.6. The molecule has 0 aliphatic carbocycles. The van der Waals surface area contributed by atoms with Gasteiger partial charge in [-0.2, -0.15) is 0 Å². The highest BCUT2D eigenvalue weighted by atomic mass is 16.5. The summed E-state index contributed by atoms with van der Waals surface area (Å²) in [4.78, 5) is 31.7. The first-order valence-corrected chi connectivity index (χ1v) is 9.55. The molecule has 2 aromatic heterocycles. The molecule has 1 amide bonds. The van der Waals surface area contributed by atoms with Crippen molar-refractivity contribution in [2.24, 2.45) is 0 Å². The first kappa shape index (κ1) is 20.2. The van der Waals surface area contributed by atoms with Gasteiger partial charge in [-0.25, -0.2) is 4.79 Å². The molecular weight excluding hydrogens is 358 g/mol. The Balaban J connectivity index is 1.89. The van der Waals surface area contributed by atoms with Crippen LogP contribution in [0, 0.1) is 6.92 Å². The Labute approximate surface area is 164 Å². The quantitative estimate of drug-likeness (QED) is 0.821. The van der Waals surface area contributed by atoms with Crippen LogP contribution < -0.4 is 10.9 Å². The van der Waals surface area contributed by atoms with Crippen molar-refractivity contribution in [2.45, 2.75) is 31.7 Å². The second kappa shape index (κ2) is 9.12. The van der Waals surface area contributed by atoms with Gasteiger partial charge in [0.15, 0.2) is 0 Å². The highest BCUT2D eigenvalue weighted by Crippen LogP contribution is 2.26. The predicted molar refractivity (Wildman–Crippen MR) is 106 cm³/mol. The maximum absolute atomic E-state index is 13.1. The van der Waals surface area contributed by atoms with Gasteiger partial charge in [-0.05, 0) is 56.6 Å². The lowest BCUT2D eigenvalue weighted by Crippen LogP contribution is -2.37. The zero-order chi connectivity index (χ0) is 20.1. The second-order valence-electron chi connectivity index (χ2n) is 7.16. The van der Waals surface area contributed by atoms with Crippen molar-refractivity contribution in [1.82, 2.24) is 15.2 Å². The predicted octanol–water partition coefficient (Wildman–Crippen LogP) is 2.27. The monoisotopic (exact) mass is 385 g/mol. The number of methoxy groups -OCH3 is 1. The SMILES string of the molecule is COCC(c1ccccn1)N(C)C(=O)c1c(C)cc(C2CCNCC2)oc1=O. The molecule has 3 rings (SSSR count). The minimum absolute atomic E-state index is 0.0669. The van der Waals surface area contributed by atoms with E-state index in [9.17, 15) is 9.59 Å². The summed E-state index contributed by atoms with van der Waals surface area (Å²) >= 11 is 0. The molecule has 0 aromatic carbocycles. The van der Waals surface area contributed by atoms with Crippen LogP contribution in [-0.2, 0) is 4.74 Å². The van der Waals surface area contributed by atoms with Gasteiger partial charge in [0.25, 0.3) is 5.91 Å². The summed E-state index contributed by atoms with van der Waals surface area (Å²) in [6.07, 6.45) is 3.51. The molecule has 0 bridgehead atoms. The standard InChI is InChI=1S/C21H27N3O4/c1-14-12-18(15-7-10-22-11-8-15)28-21(26)19(14)20(25)24(2)17(13-27-3)16-6-4-5-9-23-16/h4-6,9,12,15,17,22H,7-8,10-11,13H2,1-3H3. The Hall–Kier alpha value is -2.51. The first-order chi connectivity index (χ1) is 13.5. The molecule has 1 aliphatic heterocycles. The molecule has 1 aliphatic rings. The number of aryl methyl sites for hydroxylation is 1. The summed E-state index contributed by atoms with van der Waals surface area (Å²) < 4.78 is 10.9. The normalized spacial score (nSPS) is 16.0. The van der Waals surface area contributed by atoms with E-state index in [0.717, 1.165) is 25.9 Å². The van der Waals surface area contributed by atoms with Gasteiger partial charge in [0.2, 0.25) is 0 Å². The summed E-state index contributed by atoms with van der Waals surface area (Å²) in [6.45, 7) is 3.87. The molecule has 0 saturated carbocycles. The maximum atomic E-state index is 13.1. The number of hydrogen-bond acceptors (Lipinski definition) is 6. The lowest BCUT2D eigenvalue weighted by atomic mass is 9.94. The van der Waals surface area contributed by atoms with Crippen molar-refractivity contribution in [3.05, 3.63) is 63.5 Å². The number of nitrogens with zero attached hydrogens (tertiary/aromatic N) is 2. The van der Waals surface area contributed by atoms with Gasteiger partial charge in [0.05, 0.1) is 18.3 Å². The number of carbonyl (C=O) groups is 1. The number of rotatable bonds is 6. The average molecular weight is 385 g/mol. The number of ether oxygens (including phenoxy) is 1. The van der Waals surface area contributed by atoms with Crippen molar-refractivity contribution in [3.8, 4) is 0 Å². The Morgan fingerprint density at radius 1 is 1.39 bits per heavy atom. The molecule has 1 saturated heterocycles. The van der Waals surface area contributed by atoms with Crippen LogP contribution in [-0.4, -0.2) is 49.6 Å². The maximum Gasteiger partial charge on any atom is 0.349 e. The van der Waals surface area contributed by atoms with E-state index in [2.05, 4.69) is 10.3 Å². The summed E-state index contributed by atoms with van der Waals surface area (Å²) in [5.74, 6) is 0.487. The summed E-state index contributed by atoms with van der Waals surface area (Å²) in [5, 5.41) is 3.30. The van der Waals surface area contributed by atoms with Gasteiger partial charge >= 0.3 is 5.63 Å². The number of likely N-dealkylation sites (N-methyl/N-ethyl adjacent to an activating group) is 1. The van der Waals surface area contributed by atoms with E-state index in [1.165, 1.54) is 4.90 Å². The van der Waals surface area contributed by atoms with Gasteiger partial charge in [-0.1, -0.05) is 6.07 Å². The van der Waals surface area contributed by atoms with Crippen molar-refractivity contribution in [1.29, 1.82) is 0 Å². The fraction of sp³-hybridized carbons (Fsp3) is 0.476. The highest BCUT2D eigenvalue weighted by molar-refractivity contribution is 5.95.